The lowest BCUT2D eigenvalue weighted by Gasteiger charge is -2.35. The summed E-state index contributed by atoms with van der Waals surface area (Å²) in [6.45, 7) is 5.18. The van der Waals surface area contributed by atoms with Gasteiger partial charge in [-0.2, -0.15) is 0 Å². The molecule has 1 aliphatic heterocycles. The number of hydrogen-bond acceptors (Lipinski definition) is 3. The maximum atomic E-state index is 5.87. The Kier molecular flexibility index (Phi) is 4.05. The highest BCUT2D eigenvalue weighted by Gasteiger charge is 2.26. The van der Waals surface area contributed by atoms with Gasteiger partial charge in [0.15, 0.2) is 4.67 Å². The SMILES string of the molecule is CC1CCCN(C(CN)c2ccc(Br)o2)C1. The van der Waals surface area contributed by atoms with Gasteiger partial charge in [0.05, 0.1) is 6.04 Å². The first-order valence-electron chi connectivity index (χ1n) is 5.90. The summed E-state index contributed by atoms with van der Waals surface area (Å²) in [6, 6.07) is 4.18. The highest BCUT2D eigenvalue weighted by molar-refractivity contribution is 9.10. The van der Waals surface area contributed by atoms with Crippen molar-refractivity contribution in [1.82, 2.24) is 4.90 Å². The number of hydrogen-bond donors (Lipinski definition) is 1. The van der Waals surface area contributed by atoms with Gasteiger partial charge in [0.2, 0.25) is 0 Å². The van der Waals surface area contributed by atoms with Gasteiger partial charge >= 0.3 is 0 Å². The van der Waals surface area contributed by atoms with Crippen LogP contribution in [0.15, 0.2) is 21.2 Å². The minimum absolute atomic E-state index is 0.231. The van der Waals surface area contributed by atoms with Gasteiger partial charge in [-0.25, -0.2) is 0 Å². The van der Waals surface area contributed by atoms with E-state index in [-0.39, 0.29) is 6.04 Å². The van der Waals surface area contributed by atoms with Gasteiger partial charge in [0.1, 0.15) is 5.76 Å². The topological polar surface area (TPSA) is 42.4 Å². The largest absolute Gasteiger partial charge is 0.453 e. The van der Waals surface area contributed by atoms with E-state index >= 15 is 0 Å². The Balaban J connectivity index is 2.09. The van der Waals surface area contributed by atoms with Crippen molar-refractivity contribution in [3.8, 4) is 0 Å². The number of nitrogens with zero attached hydrogens (tertiary/aromatic N) is 1. The summed E-state index contributed by atoms with van der Waals surface area (Å²) in [5.74, 6) is 1.74. The summed E-state index contributed by atoms with van der Waals surface area (Å²) in [6.07, 6.45) is 2.59. The zero-order valence-corrected chi connectivity index (χ0v) is 11.2. The fourth-order valence-corrected chi connectivity index (χ4v) is 2.78. The minimum atomic E-state index is 0.231. The Morgan fingerprint density at radius 1 is 1.62 bits per heavy atom. The normalized spacial score (nSPS) is 24.6. The molecule has 2 heterocycles. The molecule has 0 radical (unpaired) electrons. The lowest BCUT2D eigenvalue weighted by Crippen LogP contribution is -2.40. The Labute approximate surface area is 105 Å². The van der Waals surface area contributed by atoms with E-state index in [2.05, 4.69) is 27.8 Å². The minimum Gasteiger partial charge on any atom is -0.453 e. The van der Waals surface area contributed by atoms with Gasteiger partial charge in [0.25, 0.3) is 0 Å². The number of furan rings is 1. The van der Waals surface area contributed by atoms with Crippen molar-refractivity contribution in [1.29, 1.82) is 0 Å². The third-order valence-corrected chi connectivity index (χ3v) is 3.70. The third kappa shape index (κ3) is 2.67. The second-order valence-electron chi connectivity index (χ2n) is 4.64. The van der Waals surface area contributed by atoms with Crippen LogP contribution in [0.1, 0.15) is 31.6 Å². The van der Waals surface area contributed by atoms with Gasteiger partial charge in [-0.3, -0.25) is 4.90 Å². The van der Waals surface area contributed by atoms with Gasteiger partial charge in [-0.15, -0.1) is 0 Å². The first-order valence-corrected chi connectivity index (χ1v) is 6.69. The van der Waals surface area contributed by atoms with Crippen LogP contribution in [0.5, 0.6) is 0 Å². The van der Waals surface area contributed by atoms with E-state index in [1.54, 1.807) is 0 Å². The molecule has 1 aromatic rings. The molecule has 0 saturated carbocycles. The Hall–Kier alpha value is -0.320. The first kappa shape index (κ1) is 12.1. The molecule has 2 unspecified atom stereocenters. The molecule has 1 saturated heterocycles. The van der Waals surface area contributed by atoms with Crippen LogP contribution in [0, 0.1) is 5.92 Å². The molecule has 0 spiro atoms. The summed E-state index contributed by atoms with van der Waals surface area (Å²) in [5, 5.41) is 0. The monoisotopic (exact) mass is 286 g/mol. The van der Waals surface area contributed by atoms with Crippen LogP contribution in [0.2, 0.25) is 0 Å². The molecule has 1 aromatic heterocycles. The van der Waals surface area contributed by atoms with E-state index in [0.29, 0.717) is 6.54 Å². The molecule has 1 aliphatic rings. The molecule has 2 atom stereocenters. The molecule has 0 amide bonds. The highest BCUT2D eigenvalue weighted by atomic mass is 79.9. The Morgan fingerprint density at radius 3 is 3.00 bits per heavy atom. The summed E-state index contributed by atoms with van der Waals surface area (Å²) in [7, 11) is 0. The lowest BCUT2D eigenvalue weighted by atomic mass is 9.98. The van der Waals surface area contributed by atoms with Gasteiger partial charge in [0, 0.05) is 13.1 Å². The molecular formula is C12H19BrN2O. The molecule has 3 nitrogen and oxygen atoms in total. The van der Waals surface area contributed by atoms with Crippen molar-refractivity contribution in [2.45, 2.75) is 25.8 Å². The number of nitrogens with two attached hydrogens (primary N) is 1. The molecule has 2 N–H and O–H groups in total. The molecule has 16 heavy (non-hydrogen) atoms. The Bertz CT molecular complexity index is 340. The summed E-state index contributed by atoms with van der Waals surface area (Å²) in [4.78, 5) is 2.44. The molecule has 0 aliphatic carbocycles. The molecule has 0 bridgehead atoms. The first-order chi connectivity index (χ1) is 7.70. The predicted octanol–water partition coefficient (Wildman–Crippen LogP) is 2.77. The van der Waals surface area contributed by atoms with Crippen molar-refractivity contribution in [3.05, 3.63) is 22.6 Å². The lowest BCUT2D eigenvalue weighted by molar-refractivity contribution is 0.119. The van der Waals surface area contributed by atoms with Crippen molar-refractivity contribution >= 4 is 15.9 Å². The average molecular weight is 287 g/mol. The molecule has 2 rings (SSSR count). The van der Waals surface area contributed by atoms with Gasteiger partial charge in [-0.05, 0) is 53.4 Å². The van der Waals surface area contributed by atoms with Crippen LogP contribution in [0.25, 0.3) is 0 Å². The zero-order valence-electron chi connectivity index (χ0n) is 9.66. The van der Waals surface area contributed by atoms with Crippen LogP contribution in [-0.2, 0) is 0 Å². The standard InChI is InChI=1S/C12H19BrN2O/c1-9-3-2-6-15(8-9)10(7-14)11-4-5-12(13)16-11/h4-5,9-10H,2-3,6-8,14H2,1H3. The second-order valence-corrected chi connectivity index (χ2v) is 5.42. The van der Waals surface area contributed by atoms with Crippen molar-refractivity contribution in [2.75, 3.05) is 19.6 Å². The number of halogens is 1. The summed E-state index contributed by atoms with van der Waals surface area (Å²) < 4.78 is 6.40. The van der Waals surface area contributed by atoms with Gasteiger partial charge in [-0.1, -0.05) is 6.92 Å². The average Bonchev–Trinajstić information content (AvgIpc) is 2.66. The molecule has 0 aromatic carbocycles. The van der Waals surface area contributed by atoms with Crippen LogP contribution in [0.4, 0.5) is 0 Å². The van der Waals surface area contributed by atoms with E-state index in [4.69, 9.17) is 10.2 Å². The number of likely N-dealkylation sites (tertiary alicyclic amines) is 1. The van der Waals surface area contributed by atoms with Gasteiger partial charge < -0.3 is 10.2 Å². The van der Waals surface area contributed by atoms with Crippen molar-refractivity contribution < 1.29 is 4.42 Å². The summed E-state index contributed by atoms with van der Waals surface area (Å²) in [5.41, 5.74) is 5.87. The van der Waals surface area contributed by atoms with Crippen LogP contribution in [0.3, 0.4) is 0 Å². The molecule has 4 heteroatoms. The highest BCUT2D eigenvalue weighted by Crippen LogP contribution is 2.28. The van der Waals surface area contributed by atoms with Crippen LogP contribution in [-0.4, -0.2) is 24.5 Å². The van der Waals surface area contributed by atoms with E-state index in [1.165, 1.54) is 12.8 Å². The van der Waals surface area contributed by atoms with E-state index in [1.807, 2.05) is 12.1 Å². The molecular weight excluding hydrogens is 268 g/mol. The second kappa shape index (κ2) is 5.34. The summed E-state index contributed by atoms with van der Waals surface area (Å²) >= 11 is 3.34. The smallest absolute Gasteiger partial charge is 0.169 e. The van der Waals surface area contributed by atoms with E-state index in [9.17, 15) is 0 Å². The van der Waals surface area contributed by atoms with Crippen molar-refractivity contribution in [2.24, 2.45) is 11.7 Å². The number of piperidine rings is 1. The van der Waals surface area contributed by atoms with E-state index in [0.717, 1.165) is 29.4 Å². The van der Waals surface area contributed by atoms with Crippen molar-refractivity contribution in [3.63, 3.8) is 0 Å². The van der Waals surface area contributed by atoms with Crippen LogP contribution >= 0.6 is 15.9 Å². The maximum absolute atomic E-state index is 5.87. The zero-order chi connectivity index (χ0) is 11.5. The third-order valence-electron chi connectivity index (χ3n) is 3.27. The number of rotatable bonds is 3. The quantitative estimate of drug-likeness (QED) is 0.929. The molecule has 90 valence electrons. The Morgan fingerprint density at radius 2 is 2.44 bits per heavy atom. The van der Waals surface area contributed by atoms with E-state index < -0.39 is 0 Å². The molecule has 1 fully saturated rings. The fourth-order valence-electron chi connectivity index (χ4n) is 2.46. The van der Waals surface area contributed by atoms with Crippen LogP contribution < -0.4 is 5.73 Å². The maximum Gasteiger partial charge on any atom is 0.169 e. The predicted molar refractivity (Wildman–Crippen MR) is 68.2 cm³/mol. The fraction of sp³-hybridized carbons (Fsp3) is 0.667.